The molecule has 2 amide bonds. The van der Waals surface area contributed by atoms with Crippen molar-refractivity contribution in [2.24, 2.45) is 5.92 Å². The maximum Gasteiger partial charge on any atom is 0.326 e. The van der Waals surface area contributed by atoms with Crippen LogP contribution in [-0.2, 0) is 4.79 Å². The van der Waals surface area contributed by atoms with E-state index in [0.29, 0.717) is 18.1 Å². The molecule has 0 aliphatic heterocycles. The van der Waals surface area contributed by atoms with Gasteiger partial charge >= 0.3 is 12.0 Å². The lowest BCUT2D eigenvalue weighted by atomic mass is 10.0. The molecule has 3 N–H and O–H groups in total. The quantitative estimate of drug-likeness (QED) is 0.609. The minimum absolute atomic E-state index is 0.0462. The van der Waals surface area contributed by atoms with Crippen molar-refractivity contribution in [1.82, 2.24) is 10.6 Å². The summed E-state index contributed by atoms with van der Waals surface area (Å²) in [6.07, 6.45) is 4.31. The summed E-state index contributed by atoms with van der Waals surface area (Å²) < 4.78 is 0. The van der Waals surface area contributed by atoms with Gasteiger partial charge in [-0.2, -0.15) is 11.8 Å². The van der Waals surface area contributed by atoms with E-state index in [2.05, 4.69) is 24.5 Å². The van der Waals surface area contributed by atoms with Crippen molar-refractivity contribution in [1.29, 1.82) is 0 Å². The molecular formula is C13H26N2O3S. The van der Waals surface area contributed by atoms with Gasteiger partial charge in [0.1, 0.15) is 6.04 Å². The summed E-state index contributed by atoms with van der Waals surface area (Å²) in [4.78, 5) is 22.7. The van der Waals surface area contributed by atoms with E-state index >= 15 is 0 Å². The highest BCUT2D eigenvalue weighted by molar-refractivity contribution is 7.98. The first-order chi connectivity index (χ1) is 8.90. The van der Waals surface area contributed by atoms with Gasteiger partial charge in [0.2, 0.25) is 0 Å². The molecule has 0 heterocycles. The molecule has 0 aromatic rings. The summed E-state index contributed by atoms with van der Waals surface area (Å²) in [5, 5.41) is 14.3. The maximum absolute atomic E-state index is 11.7. The van der Waals surface area contributed by atoms with Gasteiger partial charge in [0.25, 0.3) is 0 Å². The molecule has 112 valence electrons. The second kappa shape index (κ2) is 9.95. The number of carbonyl (C=O) groups is 2. The van der Waals surface area contributed by atoms with Crippen molar-refractivity contribution < 1.29 is 14.7 Å². The number of rotatable bonds is 9. The number of hydrogen-bond acceptors (Lipinski definition) is 3. The maximum atomic E-state index is 11.7. The average molecular weight is 290 g/mol. The van der Waals surface area contributed by atoms with Gasteiger partial charge in [-0.25, -0.2) is 9.59 Å². The number of thioether (sulfide) groups is 1. The molecule has 5 nitrogen and oxygen atoms in total. The third-order valence-electron chi connectivity index (χ3n) is 3.04. The van der Waals surface area contributed by atoms with Crippen LogP contribution in [0.5, 0.6) is 0 Å². The van der Waals surface area contributed by atoms with Crippen molar-refractivity contribution in [3.8, 4) is 0 Å². The van der Waals surface area contributed by atoms with Gasteiger partial charge < -0.3 is 15.7 Å². The van der Waals surface area contributed by atoms with E-state index in [1.807, 2.05) is 13.2 Å². The van der Waals surface area contributed by atoms with E-state index in [1.165, 1.54) is 0 Å². The van der Waals surface area contributed by atoms with Gasteiger partial charge in [0.05, 0.1) is 0 Å². The average Bonchev–Trinajstić information content (AvgIpc) is 2.33. The Kier molecular flexibility index (Phi) is 9.47. The molecule has 0 saturated carbocycles. The van der Waals surface area contributed by atoms with Gasteiger partial charge in [-0.3, -0.25) is 0 Å². The second-order valence-electron chi connectivity index (χ2n) is 4.94. The lowest BCUT2D eigenvalue weighted by molar-refractivity contribution is -0.139. The number of hydrogen-bond donors (Lipinski definition) is 3. The Balaban J connectivity index is 4.14. The highest BCUT2D eigenvalue weighted by Gasteiger charge is 2.20. The monoisotopic (exact) mass is 290 g/mol. The van der Waals surface area contributed by atoms with Crippen LogP contribution in [0.15, 0.2) is 0 Å². The number of amides is 2. The summed E-state index contributed by atoms with van der Waals surface area (Å²) >= 11 is 1.56. The third kappa shape index (κ3) is 8.75. The first-order valence-corrected chi connectivity index (χ1v) is 8.08. The van der Waals surface area contributed by atoms with Crippen LogP contribution in [0, 0.1) is 5.92 Å². The van der Waals surface area contributed by atoms with E-state index in [9.17, 15) is 9.59 Å². The van der Waals surface area contributed by atoms with Crippen molar-refractivity contribution in [3.63, 3.8) is 0 Å². The van der Waals surface area contributed by atoms with E-state index < -0.39 is 18.0 Å². The minimum Gasteiger partial charge on any atom is -0.480 e. The second-order valence-corrected chi connectivity index (χ2v) is 5.93. The van der Waals surface area contributed by atoms with Crippen LogP contribution in [0.1, 0.15) is 40.0 Å². The molecule has 0 aliphatic carbocycles. The first kappa shape index (κ1) is 18.1. The van der Waals surface area contributed by atoms with Gasteiger partial charge in [0, 0.05) is 6.04 Å². The molecule has 19 heavy (non-hydrogen) atoms. The SMILES string of the molecule is CCC(C)CC(C)NC(=O)NC(CCSC)C(=O)O. The highest BCUT2D eigenvalue weighted by Crippen LogP contribution is 2.09. The standard InChI is InChI=1S/C13H26N2O3S/c1-5-9(2)8-10(3)14-13(18)15-11(12(16)17)6-7-19-4/h9-11H,5-8H2,1-4H3,(H,16,17)(H2,14,15,18). The molecule has 0 fully saturated rings. The number of nitrogens with one attached hydrogen (secondary N) is 2. The van der Waals surface area contributed by atoms with Gasteiger partial charge in [-0.05, 0) is 37.7 Å². The number of carboxylic acids is 1. The number of urea groups is 1. The number of carboxylic acid groups (broad SMARTS) is 1. The van der Waals surface area contributed by atoms with Crippen molar-refractivity contribution in [2.45, 2.75) is 52.1 Å². The Bertz CT molecular complexity index is 287. The van der Waals surface area contributed by atoms with Crippen LogP contribution in [0.25, 0.3) is 0 Å². The van der Waals surface area contributed by atoms with E-state index in [1.54, 1.807) is 11.8 Å². The van der Waals surface area contributed by atoms with Crippen LogP contribution in [-0.4, -0.2) is 41.2 Å². The van der Waals surface area contributed by atoms with E-state index in [4.69, 9.17) is 5.11 Å². The molecule has 0 aliphatic rings. The molecule has 6 heteroatoms. The molecule has 0 saturated heterocycles. The predicted molar refractivity (Wildman–Crippen MR) is 79.6 cm³/mol. The third-order valence-corrected chi connectivity index (χ3v) is 3.69. The minimum atomic E-state index is -0.987. The van der Waals surface area contributed by atoms with Crippen molar-refractivity contribution in [2.75, 3.05) is 12.0 Å². The summed E-state index contributed by atoms with van der Waals surface area (Å²) in [7, 11) is 0. The zero-order valence-corrected chi connectivity index (χ0v) is 13.0. The fourth-order valence-electron chi connectivity index (χ4n) is 1.75. The van der Waals surface area contributed by atoms with Crippen molar-refractivity contribution >= 4 is 23.8 Å². The molecule has 0 radical (unpaired) electrons. The zero-order valence-electron chi connectivity index (χ0n) is 12.2. The molecule has 0 spiro atoms. The Morgan fingerprint density at radius 3 is 2.37 bits per heavy atom. The molecule has 3 atom stereocenters. The Labute approximate surface area is 119 Å². The predicted octanol–water partition coefficient (Wildman–Crippen LogP) is 2.32. The van der Waals surface area contributed by atoms with Crippen LogP contribution < -0.4 is 10.6 Å². The van der Waals surface area contributed by atoms with Crippen LogP contribution in [0.3, 0.4) is 0 Å². The summed E-state index contributed by atoms with van der Waals surface area (Å²) in [6, 6.07) is -1.17. The topological polar surface area (TPSA) is 78.4 Å². The molecular weight excluding hydrogens is 264 g/mol. The smallest absolute Gasteiger partial charge is 0.326 e. The number of carbonyl (C=O) groups excluding carboxylic acids is 1. The largest absolute Gasteiger partial charge is 0.480 e. The van der Waals surface area contributed by atoms with Crippen LogP contribution >= 0.6 is 11.8 Å². The van der Waals surface area contributed by atoms with Crippen LogP contribution in [0.4, 0.5) is 4.79 Å². The lowest BCUT2D eigenvalue weighted by Crippen LogP contribution is -2.48. The van der Waals surface area contributed by atoms with Gasteiger partial charge in [0.15, 0.2) is 0 Å². The zero-order chi connectivity index (χ0) is 14.8. The fourth-order valence-corrected chi connectivity index (χ4v) is 2.22. The summed E-state index contributed by atoms with van der Waals surface area (Å²) in [5.41, 5.74) is 0. The van der Waals surface area contributed by atoms with Gasteiger partial charge in [-0.15, -0.1) is 0 Å². The van der Waals surface area contributed by atoms with E-state index in [-0.39, 0.29) is 6.04 Å². The van der Waals surface area contributed by atoms with Gasteiger partial charge in [-0.1, -0.05) is 20.3 Å². The Morgan fingerprint density at radius 2 is 1.89 bits per heavy atom. The molecule has 3 unspecified atom stereocenters. The Hall–Kier alpha value is -0.910. The fraction of sp³-hybridized carbons (Fsp3) is 0.846. The van der Waals surface area contributed by atoms with Crippen LogP contribution in [0.2, 0.25) is 0 Å². The summed E-state index contributed by atoms with van der Waals surface area (Å²) in [5.74, 6) is 0.264. The molecule has 0 aromatic carbocycles. The first-order valence-electron chi connectivity index (χ1n) is 6.69. The number of aliphatic carboxylic acids is 1. The lowest BCUT2D eigenvalue weighted by Gasteiger charge is -2.20. The van der Waals surface area contributed by atoms with Crippen molar-refractivity contribution in [3.05, 3.63) is 0 Å². The summed E-state index contributed by atoms with van der Waals surface area (Å²) in [6.45, 7) is 6.18. The molecule has 0 aromatic heterocycles. The molecule has 0 rings (SSSR count). The Morgan fingerprint density at radius 1 is 1.26 bits per heavy atom. The normalized spacial score (nSPS) is 15.4. The van der Waals surface area contributed by atoms with E-state index in [0.717, 1.165) is 12.8 Å². The highest BCUT2D eigenvalue weighted by atomic mass is 32.2. The molecule has 0 bridgehead atoms.